The van der Waals surface area contributed by atoms with Crippen LogP contribution in [0.15, 0.2) is 29.3 Å². The molecule has 1 atom stereocenters. The van der Waals surface area contributed by atoms with Crippen molar-refractivity contribution in [1.82, 2.24) is 15.5 Å². The first-order valence-electron chi connectivity index (χ1n) is 10.8. The van der Waals surface area contributed by atoms with Gasteiger partial charge in [-0.1, -0.05) is 12.1 Å². The first-order chi connectivity index (χ1) is 14.1. The third-order valence-corrected chi connectivity index (χ3v) is 5.84. The van der Waals surface area contributed by atoms with E-state index >= 15 is 0 Å². The van der Waals surface area contributed by atoms with Gasteiger partial charge in [0.15, 0.2) is 5.96 Å². The van der Waals surface area contributed by atoms with E-state index in [-0.39, 0.29) is 30.0 Å². The van der Waals surface area contributed by atoms with E-state index in [4.69, 9.17) is 9.47 Å². The van der Waals surface area contributed by atoms with Crippen molar-refractivity contribution in [1.29, 1.82) is 0 Å². The van der Waals surface area contributed by atoms with Crippen LogP contribution in [0.2, 0.25) is 0 Å². The van der Waals surface area contributed by atoms with Crippen LogP contribution < -0.4 is 15.4 Å². The third kappa shape index (κ3) is 7.25. The van der Waals surface area contributed by atoms with Crippen molar-refractivity contribution < 1.29 is 14.6 Å². The molecule has 30 heavy (non-hydrogen) atoms. The number of ether oxygens (including phenoxy) is 2. The van der Waals surface area contributed by atoms with Crippen LogP contribution in [0.1, 0.15) is 44.2 Å². The van der Waals surface area contributed by atoms with E-state index in [9.17, 15) is 5.11 Å². The molecule has 1 unspecified atom stereocenters. The van der Waals surface area contributed by atoms with Gasteiger partial charge in [0.25, 0.3) is 0 Å². The van der Waals surface area contributed by atoms with Crippen molar-refractivity contribution in [2.24, 2.45) is 4.99 Å². The molecule has 0 bridgehead atoms. The SMILES string of the molecule is CCNC(=NCC1(O)CCOCC1)NCC(c1ccc(OC)cc1)N1CCCC1.I. The van der Waals surface area contributed by atoms with Crippen LogP contribution in [0.4, 0.5) is 0 Å². The highest BCUT2D eigenvalue weighted by Crippen LogP contribution is 2.26. The molecule has 2 fully saturated rings. The Morgan fingerprint density at radius 3 is 2.47 bits per heavy atom. The zero-order valence-electron chi connectivity index (χ0n) is 18.2. The van der Waals surface area contributed by atoms with Crippen LogP contribution in [0, 0.1) is 0 Å². The maximum absolute atomic E-state index is 10.7. The van der Waals surface area contributed by atoms with Gasteiger partial charge in [-0.15, -0.1) is 24.0 Å². The van der Waals surface area contributed by atoms with E-state index in [1.54, 1.807) is 7.11 Å². The van der Waals surface area contributed by atoms with E-state index in [1.165, 1.54) is 18.4 Å². The first kappa shape index (κ1) is 25.2. The predicted octanol–water partition coefficient (Wildman–Crippen LogP) is 2.55. The number of nitrogens with one attached hydrogen (secondary N) is 2. The lowest BCUT2D eigenvalue weighted by atomic mass is 9.95. The summed E-state index contributed by atoms with van der Waals surface area (Å²) in [6.07, 6.45) is 3.77. The molecule has 0 radical (unpaired) electrons. The van der Waals surface area contributed by atoms with Gasteiger partial charge in [0.2, 0.25) is 0 Å². The van der Waals surface area contributed by atoms with Gasteiger partial charge in [-0.3, -0.25) is 9.89 Å². The normalized spacial score (nSPS) is 20.3. The number of hydrogen-bond donors (Lipinski definition) is 3. The zero-order valence-corrected chi connectivity index (χ0v) is 20.6. The topological polar surface area (TPSA) is 78.4 Å². The number of guanidine groups is 1. The molecule has 1 aromatic carbocycles. The average molecular weight is 532 g/mol. The number of hydrogen-bond acceptors (Lipinski definition) is 5. The smallest absolute Gasteiger partial charge is 0.191 e. The Labute approximate surface area is 197 Å². The van der Waals surface area contributed by atoms with Crippen molar-refractivity contribution in [3.63, 3.8) is 0 Å². The van der Waals surface area contributed by atoms with Crippen molar-refractivity contribution in [3.05, 3.63) is 29.8 Å². The molecule has 3 rings (SSSR count). The molecular weight excluding hydrogens is 495 g/mol. The fraction of sp³-hybridized carbons (Fsp3) is 0.682. The maximum Gasteiger partial charge on any atom is 0.191 e. The number of nitrogens with zero attached hydrogens (tertiary/aromatic N) is 2. The largest absolute Gasteiger partial charge is 0.497 e. The zero-order chi connectivity index (χ0) is 20.5. The molecule has 2 saturated heterocycles. The molecule has 3 N–H and O–H groups in total. The lowest BCUT2D eigenvalue weighted by Gasteiger charge is -2.31. The van der Waals surface area contributed by atoms with Crippen LogP contribution in [0.5, 0.6) is 5.75 Å². The molecule has 8 heteroatoms. The Balaban J connectivity index is 0.00000320. The van der Waals surface area contributed by atoms with Gasteiger partial charge in [-0.05, 0) is 50.6 Å². The van der Waals surface area contributed by atoms with E-state index < -0.39 is 5.60 Å². The Bertz CT molecular complexity index is 644. The summed E-state index contributed by atoms with van der Waals surface area (Å²) in [7, 11) is 1.69. The Morgan fingerprint density at radius 1 is 1.20 bits per heavy atom. The van der Waals surface area contributed by atoms with Crippen molar-refractivity contribution in [2.75, 3.05) is 53.0 Å². The standard InChI is InChI=1S/C22H36N4O3.HI/c1-3-23-21(25-17-22(27)10-14-29-15-11-22)24-16-20(26-12-4-5-13-26)18-6-8-19(28-2)9-7-18;/h6-9,20,27H,3-5,10-17H2,1-2H3,(H2,23,24,25);1H. The van der Waals surface area contributed by atoms with Crippen LogP contribution in [0.25, 0.3) is 0 Å². The van der Waals surface area contributed by atoms with E-state index in [2.05, 4.69) is 39.6 Å². The summed E-state index contributed by atoms with van der Waals surface area (Å²) in [5.74, 6) is 1.63. The minimum atomic E-state index is -0.759. The third-order valence-electron chi connectivity index (χ3n) is 5.84. The second-order valence-electron chi connectivity index (χ2n) is 7.94. The molecule has 2 aliphatic heterocycles. The highest BCUT2D eigenvalue weighted by atomic mass is 127. The number of benzene rings is 1. The van der Waals surface area contributed by atoms with Gasteiger partial charge >= 0.3 is 0 Å². The molecule has 0 saturated carbocycles. The summed E-state index contributed by atoms with van der Waals surface area (Å²) >= 11 is 0. The minimum Gasteiger partial charge on any atom is -0.497 e. The number of halogens is 1. The van der Waals surface area contributed by atoms with Crippen molar-refractivity contribution in [2.45, 2.75) is 44.2 Å². The Kier molecular flexibility index (Phi) is 10.6. The molecule has 2 heterocycles. The van der Waals surface area contributed by atoms with Gasteiger partial charge in [-0.25, -0.2) is 0 Å². The molecule has 0 aliphatic carbocycles. The number of rotatable bonds is 8. The number of aliphatic hydroxyl groups is 1. The van der Waals surface area contributed by atoms with Gasteiger partial charge in [0.1, 0.15) is 5.75 Å². The summed E-state index contributed by atoms with van der Waals surface area (Å²) in [6, 6.07) is 8.63. The summed E-state index contributed by atoms with van der Waals surface area (Å²) in [5, 5.41) is 17.5. The molecule has 0 amide bonds. The second-order valence-corrected chi connectivity index (χ2v) is 7.94. The minimum absolute atomic E-state index is 0. The molecule has 0 spiro atoms. The summed E-state index contributed by atoms with van der Waals surface area (Å²) < 4.78 is 10.7. The highest BCUT2D eigenvalue weighted by Gasteiger charge is 2.30. The lowest BCUT2D eigenvalue weighted by Crippen LogP contribution is -2.45. The summed E-state index contributed by atoms with van der Waals surface area (Å²) in [4.78, 5) is 7.21. The molecule has 1 aromatic rings. The van der Waals surface area contributed by atoms with Crippen LogP contribution in [0.3, 0.4) is 0 Å². The fourth-order valence-corrected chi connectivity index (χ4v) is 4.01. The monoisotopic (exact) mass is 532 g/mol. The van der Waals surface area contributed by atoms with Gasteiger partial charge < -0.3 is 25.2 Å². The van der Waals surface area contributed by atoms with Gasteiger partial charge in [0, 0.05) is 39.1 Å². The molecule has 7 nitrogen and oxygen atoms in total. The van der Waals surface area contributed by atoms with Crippen LogP contribution in [-0.4, -0.2) is 74.6 Å². The second kappa shape index (κ2) is 12.7. The maximum atomic E-state index is 10.7. The van der Waals surface area contributed by atoms with Crippen LogP contribution in [-0.2, 0) is 4.74 Å². The number of aliphatic imine (C=N–C) groups is 1. The quantitative estimate of drug-likeness (QED) is 0.272. The van der Waals surface area contributed by atoms with Gasteiger partial charge in [-0.2, -0.15) is 0 Å². The number of likely N-dealkylation sites (tertiary alicyclic amines) is 1. The fourth-order valence-electron chi connectivity index (χ4n) is 4.01. The van der Waals surface area contributed by atoms with Gasteiger partial charge in [0.05, 0.1) is 25.3 Å². The number of methoxy groups -OCH3 is 1. The Hall–Kier alpha value is -1.10. The first-order valence-corrected chi connectivity index (χ1v) is 10.8. The van der Waals surface area contributed by atoms with E-state index in [0.717, 1.165) is 37.9 Å². The average Bonchev–Trinajstić information content (AvgIpc) is 3.28. The molecule has 0 aromatic heterocycles. The molecular formula is C22H37IN4O3. The highest BCUT2D eigenvalue weighted by molar-refractivity contribution is 14.0. The summed E-state index contributed by atoms with van der Waals surface area (Å²) in [6.45, 7) is 7.43. The predicted molar refractivity (Wildman–Crippen MR) is 131 cm³/mol. The van der Waals surface area contributed by atoms with Crippen molar-refractivity contribution in [3.8, 4) is 5.75 Å². The molecule has 2 aliphatic rings. The Morgan fingerprint density at radius 2 is 1.87 bits per heavy atom. The van der Waals surface area contributed by atoms with E-state index in [0.29, 0.717) is 32.6 Å². The lowest BCUT2D eigenvalue weighted by molar-refractivity contribution is -0.0566. The van der Waals surface area contributed by atoms with Crippen molar-refractivity contribution >= 4 is 29.9 Å². The van der Waals surface area contributed by atoms with E-state index in [1.807, 2.05) is 12.1 Å². The van der Waals surface area contributed by atoms with Crippen LogP contribution >= 0.6 is 24.0 Å². The summed E-state index contributed by atoms with van der Waals surface area (Å²) in [5.41, 5.74) is 0.518. The molecule has 170 valence electrons.